The summed E-state index contributed by atoms with van der Waals surface area (Å²) >= 11 is 0. The second kappa shape index (κ2) is 6.35. The van der Waals surface area contributed by atoms with Gasteiger partial charge in [0.1, 0.15) is 5.82 Å². The molecule has 4 N–H and O–H groups in total. The van der Waals surface area contributed by atoms with Crippen LogP contribution in [0.3, 0.4) is 0 Å². The van der Waals surface area contributed by atoms with Crippen LogP contribution >= 0.6 is 0 Å². The van der Waals surface area contributed by atoms with Crippen LogP contribution in [0.2, 0.25) is 0 Å². The molecule has 1 aromatic rings. The molecular formula is C13H19FN2O2. The molecule has 4 nitrogen and oxygen atoms in total. The van der Waals surface area contributed by atoms with Gasteiger partial charge in [0.15, 0.2) is 0 Å². The Kier molecular flexibility index (Phi) is 5.09. The van der Waals surface area contributed by atoms with Crippen molar-refractivity contribution >= 4 is 11.6 Å². The van der Waals surface area contributed by atoms with E-state index in [0.29, 0.717) is 18.0 Å². The summed E-state index contributed by atoms with van der Waals surface area (Å²) in [6.07, 6.45) is -0.0438. The molecule has 5 heteroatoms. The van der Waals surface area contributed by atoms with Gasteiger partial charge in [0, 0.05) is 12.2 Å². The van der Waals surface area contributed by atoms with Gasteiger partial charge >= 0.3 is 0 Å². The minimum atomic E-state index is -0.627. The quantitative estimate of drug-likeness (QED) is 0.698. The normalized spacial score (nSPS) is 12.5. The molecule has 0 aliphatic carbocycles. The average Bonchev–Trinajstić information content (AvgIpc) is 2.28. The number of anilines is 1. The molecule has 0 aliphatic heterocycles. The first-order chi connectivity index (χ1) is 8.40. The molecule has 0 saturated heterocycles. The number of carbonyl (C=O) groups is 1. The molecule has 1 rings (SSSR count). The van der Waals surface area contributed by atoms with Crippen molar-refractivity contribution in [3.05, 3.63) is 29.6 Å². The molecule has 0 radical (unpaired) electrons. The molecule has 0 bridgehead atoms. The summed E-state index contributed by atoms with van der Waals surface area (Å²) in [6.45, 7) is 4.05. The summed E-state index contributed by atoms with van der Waals surface area (Å²) in [5, 5.41) is 12.1. The molecule has 0 spiro atoms. The Morgan fingerprint density at radius 2 is 2.17 bits per heavy atom. The summed E-state index contributed by atoms with van der Waals surface area (Å²) < 4.78 is 13.4. The molecule has 18 heavy (non-hydrogen) atoms. The molecule has 1 unspecified atom stereocenters. The van der Waals surface area contributed by atoms with Crippen molar-refractivity contribution in [2.75, 3.05) is 12.3 Å². The predicted molar refractivity (Wildman–Crippen MR) is 68.6 cm³/mol. The number of nitrogens with one attached hydrogen (secondary N) is 1. The first kappa shape index (κ1) is 14.4. The highest BCUT2D eigenvalue weighted by Crippen LogP contribution is 2.12. The first-order valence-corrected chi connectivity index (χ1v) is 5.91. The van der Waals surface area contributed by atoms with Crippen LogP contribution < -0.4 is 11.1 Å². The fourth-order valence-electron chi connectivity index (χ4n) is 1.65. The van der Waals surface area contributed by atoms with Gasteiger partial charge in [0.05, 0.1) is 11.7 Å². The van der Waals surface area contributed by atoms with Gasteiger partial charge in [-0.2, -0.15) is 0 Å². The number of carbonyl (C=O) groups excluding carboxylic acids is 1. The van der Waals surface area contributed by atoms with E-state index >= 15 is 0 Å². The van der Waals surface area contributed by atoms with E-state index in [1.165, 1.54) is 12.1 Å². The number of hydrogen-bond donors (Lipinski definition) is 3. The number of aliphatic hydroxyl groups excluding tert-OH is 1. The Bertz CT molecular complexity index is 421. The van der Waals surface area contributed by atoms with Crippen LogP contribution in [0.15, 0.2) is 18.2 Å². The molecule has 0 aliphatic rings. The van der Waals surface area contributed by atoms with Crippen molar-refractivity contribution in [2.45, 2.75) is 26.4 Å². The Balaban J connectivity index is 2.58. The summed E-state index contributed by atoms with van der Waals surface area (Å²) in [5.41, 5.74) is 5.71. The number of amides is 1. The third-order valence-corrected chi connectivity index (χ3v) is 2.48. The number of aliphatic hydroxyl groups is 1. The Hall–Kier alpha value is -1.62. The van der Waals surface area contributed by atoms with Crippen LogP contribution in [0.25, 0.3) is 0 Å². The van der Waals surface area contributed by atoms with Gasteiger partial charge in [0.2, 0.25) is 0 Å². The highest BCUT2D eigenvalue weighted by Gasteiger charge is 2.14. The van der Waals surface area contributed by atoms with E-state index in [1.807, 2.05) is 13.8 Å². The monoisotopic (exact) mass is 254 g/mol. The lowest BCUT2D eigenvalue weighted by Crippen LogP contribution is -2.33. The second-order valence-electron chi connectivity index (χ2n) is 4.73. The number of halogens is 1. The highest BCUT2D eigenvalue weighted by molar-refractivity contribution is 5.95. The molecule has 1 atom stereocenters. The minimum Gasteiger partial charge on any atom is -0.399 e. The zero-order chi connectivity index (χ0) is 13.7. The molecule has 0 aromatic heterocycles. The van der Waals surface area contributed by atoms with Crippen molar-refractivity contribution in [1.82, 2.24) is 5.32 Å². The molecule has 1 aromatic carbocycles. The Labute approximate surface area is 106 Å². The lowest BCUT2D eigenvalue weighted by Gasteiger charge is -2.14. The van der Waals surface area contributed by atoms with E-state index in [2.05, 4.69) is 5.32 Å². The predicted octanol–water partition coefficient (Wildman–Crippen LogP) is 1.54. The lowest BCUT2D eigenvalue weighted by atomic mass is 10.1. The van der Waals surface area contributed by atoms with Crippen LogP contribution in [0.4, 0.5) is 10.1 Å². The molecule has 0 fully saturated rings. The zero-order valence-corrected chi connectivity index (χ0v) is 10.6. The molecule has 1 amide bonds. The molecule has 100 valence electrons. The maximum Gasteiger partial charge on any atom is 0.254 e. The van der Waals surface area contributed by atoms with Gasteiger partial charge in [-0.3, -0.25) is 4.79 Å². The fourth-order valence-corrected chi connectivity index (χ4v) is 1.65. The third kappa shape index (κ3) is 4.33. The van der Waals surface area contributed by atoms with Crippen molar-refractivity contribution in [1.29, 1.82) is 0 Å². The van der Waals surface area contributed by atoms with Gasteiger partial charge in [0.25, 0.3) is 5.91 Å². The van der Waals surface area contributed by atoms with Crippen molar-refractivity contribution in [3.63, 3.8) is 0 Å². The van der Waals surface area contributed by atoms with Gasteiger partial charge < -0.3 is 16.2 Å². The van der Waals surface area contributed by atoms with Crippen molar-refractivity contribution in [3.8, 4) is 0 Å². The van der Waals surface area contributed by atoms with E-state index in [9.17, 15) is 14.3 Å². The van der Waals surface area contributed by atoms with Crippen molar-refractivity contribution in [2.24, 2.45) is 5.92 Å². The van der Waals surface area contributed by atoms with E-state index in [0.717, 1.165) is 6.07 Å². The summed E-state index contributed by atoms with van der Waals surface area (Å²) in [6, 6.07) is 3.81. The maximum absolute atomic E-state index is 13.4. The largest absolute Gasteiger partial charge is 0.399 e. The van der Waals surface area contributed by atoms with Crippen LogP contribution in [0.1, 0.15) is 30.6 Å². The van der Waals surface area contributed by atoms with E-state index < -0.39 is 17.8 Å². The molecule has 0 heterocycles. The summed E-state index contributed by atoms with van der Waals surface area (Å²) in [7, 11) is 0. The summed E-state index contributed by atoms with van der Waals surface area (Å²) in [5.74, 6) is -0.858. The highest BCUT2D eigenvalue weighted by atomic mass is 19.1. The first-order valence-electron chi connectivity index (χ1n) is 5.91. The fraction of sp³-hybridized carbons (Fsp3) is 0.462. The third-order valence-electron chi connectivity index (χ3n) is 2.48. The standard InChI is InChI=1S/C13H19FN2O2/c1-8(2)5-10(17)7-16-13(18)11-6-9(15)3-4-12(11)14/h3-4,6,8,10,17H,5,7,15H2,1-2H3,(H,16,18). The summed E-state index contributed by atoms with van der Waals surface area (Å²) in [4.78, 5) is 11.7. The van der Waals surface area contributed by atoms with Gasteiger partial charge in [-0.05, 0) is 30.5 Å². The van der Waals surface area contributed by atoms with Gasteiger partial charge in [-0.25, -0.2) is 4.39 Å². The Morgan fingerprint density at radius 1 is 1.50 bits per heavy atom. The van der Waals surface area contributed by atoms with E-state index in [4.69, 9.17) is 5.73 Å². The zero-order valence-electron chi connectivity index (χ0n) is 10.6. The minimum absolute atomic E-state index is 0.102. The topological polar surface area (TPSA) is 75.3 Å². The number of nitrogen functional groups attached to an aromatic ring is 1. The van der Waals surface area contributed by atoms with E-state index in [-0.39, 0.29) is 12.1 Å². The maximum atomic E-state index is 13.4. The average molecular weight is 254 g/mol. The van der Waals surface area contributed by atoms with Crippen LogP contribution in [-0.2, 0) is 0 Å². The second-order valence-corrected chi connectivity index (χ2v) is 4.73. The van der Waals surface area contributed by atoms with Crippen LogP contribution in [0, 0.1) is 11.7 Å². The van der Waals surface area contributed by atoms with E-state index in [1.54, 1.807) is 0 Å². The van der Waals surface area contributed by atoms with Crippen LogP contribution in [-0.4, -0.2) is 23.7 Å². The van der Waals surface area contributed by atoms with Gasteiger partial charge in [-0.1, -0.05) is 13.8 Å². The Morgan fingerprint density at radius 3 is 2.78 bits per heavy atom. The lowest BCUT2D eigenvalue weighted by molar-refractivity contribution is 0.0896. The van der Waals surface area contributed by atoms with Crippen molar-refractivity contribution < 1.29 is 14.3 Å². The number of benzene rings is 1. The number of rotatable bonds is 5. The van der Waals surface area contributed by atoms with Crippen LogP contribution in [0.5, 0.6) is 0 Å². The molecular weight excluding hydrogens is 235 g/mol. The number of nitrogens with two attached hydrogens (primary N) is 1. The van der Waals surface area contributed by atoms with Gasteiger partial charge in [-0.15, -0.1) is 0 Å². The molecule has 0 saturated carbocycles. The number of hydrogen-bond acceptors (Lipinski definition) is 3. The smallest absolute Gasteiger partial charge is 0.254 e. The SMILES string of the molecule is CC(C)CC(O)CNC(=O)c1cc(N)ccc1F.